The molecule has 2 N–H and O–H groups in total. The van der Waals surface area contributed by atoms with Gasteiger partial charge in [0.1, 0.15) is 5.69 Å². The molecule has 2 heterocycles. The highest BCUT2D eigenvalue weighted by Gasteiger charge is 2.27. The number of halogens is 1. The molecular weight excluding hydrogens is 308 g/mol. The summed E-state index contributed by atoms with van der Waals surface area (Å²) in [7, 11) is 0. The minimum atomic E-state index is -0.931. The highest BCUT2D eigenvalue weighted by Crippen LogP contribution is 2.21. The van der Waals surface area contributed by atoms with Gasteiger partial charge in [0.2, 0.25) is 0 Å². The summed E-state index contributed by atoms with van der Waals surface area (Å²) in [5, 5.41) is 10.3. The average molecular weight is 323 g/mol. The van der Waals surface area contributed by atoms with Gasteiger partial charge in [-0.25, -0.2) is 0 Å². The zero-order valence-electron chi connectivity index (χ0n) is 11.7. The molecule has 1 saturated heterocycles. The number of hydrogen-bond acceptors (Lipinski definition) is 3. The Labute approximate surface area is 131 Å². The van der Waals surface area contributed by atoms with Crippen LogP contribution in [0.15, 0.2) is 24.3 Å². The van der Waals surface area contributed by atoms with Gasteiger partial charge in [0.25, 0.3) is 5.91 Å². The average Bonchev–Trinajstić information content (AvgIpc) is 2.89. The van der Waals surface area contributed by atoms with Crippen molar-refractivity contribution in [1.82, 2.24) is 9.88 Å². The largest absolute Gasteiger partial charge is 0.481 e. The highest BCUT2D eigenvalue weighted by atomic mass is 35.5. The van der Waals surface area contributed by atoms with Gasteiger partial charge in [-0.2, -0.15) is 0 Å². The number of fused-ring (bicyclic) bond motifs is 1. The number of aromatic amines is 1. The SMILES string of the molecule is O=C(O)C[C@H]1CN(C(=O)c2cc3ccc(Cl)cc3[nH]2)CCO1. The number of ether oxygens (including phenoxy) is 1. The third kappa shape index (κ3) is 3.08. The van der Waals surface area contributed by atoms with E-state index in [0.717, 1.165) is 10.9 Å². The first-order valence-corrected chi connectivity index (χ1v) is 7.31. The van der Waals surface area contributed by atoms with Gasteiger partial charge >= 0.3 is 5.97 Å². The zero-order valence-corrected chi connectivity index (χ0v) is 12.5. The number of morpholine rings is 1. The fourth-order valence-corrected chi connectivity index (χ4v) is 2.78. The van der Waals surface area contributed by atoms with E-state index in [1.54, 1.807) is 23.1 Å². The summed E-state index contributed by atoms with van der Waals surface area (Å²) in [5.41, 5.74) is 1.26. The molecule has 0 unspecified atom stereocenters. The Hall–Kier alpha value is -2.05. The number of hydrogen-bond donors (Lipinski definition) is 2. The van der Waals surface area contributed by atoms with E-state index in [0.29, 0.717) is 23.9 Å². The Kier molecular flexibility index (Phi) is 4.04. The van der Waals surface area contributed by atoms with Gasteiger partial charge < -0.3 is 19.7 Å². The van der Waals surface area contributed by atoms with Gasteiger partial charge in [-0.05, 0) is 18.2 Å². The summed E-state index contributed by atoms with van der Waals surface area (Å²) in [6, 6.07) is 7.15. The van der Waals surface area contributed by atoms with Crippen LogP contribution in [-0.4, -0.2) is 52.7 Å². The van der Waals surface area contributed by atoms with Crippen LogP contribution in [0, 0.1) is 0 Å². The summed E-state index contributed by atoms with van der Waals surface area (Å²) >= 11 is 5.94. The Bertz CT molecular complexity index is 727. The molecular formula is C15H15ClN2O4. The number of nitrogens with zero attached hydrogens (tertiary/aromatic N) is 1. The second-order valence-electron chi connectivity index (χ2n) is 5.26. The van der Waals surface area contributed by atoms with Crippen LogP contribution in [0.2, 0.25) is 5.02 Å². The van der Waals surface area contributed by atoms with Crippen LogP contribution >= 0.6 is 11.6 Å². The van der Waals surface area contributed by atoms with Gasteiger partial charge in [0, 0.05) is 29.0 Å². The van der Waals surface area contributed by atoms with E-state index < -0.39 is 12.1 Å². The van der Waals surface area contributed by atoms with E-state index in [2.05, 4.69) is 4.98 Å². The Morgan fingerprint density at radius 1 is 1.41 bits per heavy atom. The molecule has 22 heavy (non-hydrogen) atoms. The molecule has 0 aliphatic carbocycles. The minimum absolute atomic E-state index is 0.105. The first kappa shape index (κ1) is 14.9. The lowest BCUT2D eigenvalue weighted by molar-refractivity contribution is -0.141. The number of benzene rings is 1. The first-order chi connectivity index (χ1) is 10.5. The van der Waals surface area contributed by atoms with E-state index in [4.69, 9.17) is 21.4 Å². The number of amides is 1. The zero-order chi connectivity index (χ0) is 15.7. The van der Waals surface area contributed by atoms with Gasteiger partial charge in [0.15, 0.2) is 0 Å². The number of carbonyl (C=O) groups is 2. The molecule has 3 rings (SSSR count). The van der Waals surface area contributed by atoms with Crippen molar-refractivity contribution in [3.05, 3.63) is 35.0 Å². The van der Waals surface area contributed by atoms with E-state index in [-0.39, 0.29) is 18.9 Å². The molecule has 1 aromatic carbocycles. The number of nitrogens with one attached hydrogen (secondary N) is 1. The molecule has 0 radical (unpaired) electrons. The maximum Gasteiger partial charge on any atom is 0.306 e. The summed E-state index contributed by atoms with van der Waals surface area (Å²) in [4.78, 5) is 28.0. The van der Waals surface area contributed by atoms with E-state index in [1.165, 1.54) is 0 Å². The number of rotatable bonds is 3. The number of carboxylic acid groups (broad SMARTS) is 1. The van der Waals surface area contributed by atoms with Crippen LogP contribution in [0.3, 0.4) is 0 Å². The molecule has 1 aromatic heterocycles. The maximum atomic E-state index is 12.5. The van der Waals surface area contributed by atoms with Crippen molar-refractivity contribution >= 4 is 34.4 Å². The maximum absolute atomic E-state index is 12.5. The molecule has 0 bridgehead atoms. The van der Waals surface area contributed by atoms with E-state index in [1.807, 2.05) is 6.07 Å². The molecule has 0 saturated carbocycles. The molecule has 7 heteroatoms. The second-order valence-corrected chi connectivity index (χ2v) is 5.69. The lowest BCUT2D eigenvalue weighted by Crippen LogP contribution is -2.46. The standard InChI is InChI=1S/C15H15ClN2O4/c16-10-2-1-9-5-13(17-12(9)6-10)15(21)18-3-4-22-11(8-18)7-14(19)20/h1-2,5-6,11,17H,3-4,7-8H2,(H,19,20)/t11-/m0/s1. The van der Waals surface area contributed by atoms with E-state index >= 15 is 0 Å². The third-order valence-electron chi connectivity index (χ3n) is 3.64. The summed E-state index contributed by atoms with van der Waals surface area (Å²) < 4.78 is 5.38. The summed E-state index contributed by atoms with van der Waals surface area (Å²) in [6.07, 6.45) is -0.569. The molecule has 116 valence electrons. The normalized spacial score (nSPS) is 18.6. The highest BCUT2D eigenvalue weighted by molar-refractivity contribution is 6.31. The number of aliphatic carboxylic acids is 1. The smallest absolute Gasteiger partial charge is 0.306 e. The molecule has 1 aliphatic rings. The second kappa shape index (κ2) is 5.98. The van der Waals surface area contributed by atoms with Crippen molar-refractivity contribution in [2.45, 2.75) is 12.5 Å². The fraction of sp³-hybridized carbons (Fsp3) is 0.333. The summed E-state index contributed by atoms with van der Waals surface area (Å²) in [6.45, 7) is 1.07. The predicted octanol–water partition coefficient (Wildman–Crippen LogP) is 2.14. The van der Waals surface area contributed by atoms with Crippen molar-refractivity contribution < 1.29 is 19.4 Å². The van der Waals surface area contributed by atoms with Gasteiger partial charge in [0.05, 0.1) is 19.1 Å². The van der Waals surface area contributed by atoms with Crippen molar-refractivity contribution in [3.8, 4) is 0 Å². The van der Waals surface area contributed by atoms with E-state index in [9.17, 15) is 9.59 Å². The number of H-pyrrole nitrogens is 1. The molecule has 2 aromatic rings. The molecule has 0 spiro atoms. The lowest BCUT2D eigenvalue weighted by Gasteiger charge is -2.32. The van der Waals surface area contributed by atoms with Gasteiger partial charge in [-0.3, -0.25) is 9.59 Å². The quantitative estimate of drug-likeness (QED) is 0.907. The fourth-order valence-electron chi connectivity index (χ4n) is 2.61. The Balaban J connectivity index is 1.78. The van der Waals surface area contributed by atoms with Crippen LogP contribution in [0.1, 0.15) is 16.9 Å². The molecule has 1 atom stereocenters. The van der Waals surface area contributed by atoms with Crippen LogP contribution in [-0.2, 0) is 9.53 Å². The number of carboxylic acids is 1. The first-order valence-electron chi connectivity index (χ1n) is 6.94. The van der Waals surface area contributed by atoms with Crippen LogP contribution in [0.25, 0.3) is 10.9 Å². The Morgan fingerprint density at radius 2 is 2.23 bits per heavy atom. The van der Waals surface area contributed by atoms with Crippen LogP contribution < -0.4 is 0 Å². The molecule has 1 amide bonds. The van der Waals surface area contributed by atoms with Crippen molar-refractivity contribution in [1.29, 1.82) is 0 Å². The summed E-state index contributed by atoms with van der Waals surface area (Å²) in [5.74, 6) is -1.09. The van der Waals surface area contributed by atoms with Crippen molar-refractivity contribution in [3.63, 3.8) is 0 Å². The van der Waals surface area contributed by atoms with Crippen molar-refractivity contribution in [2.75, 3.05) is 19.7 Å². The molecule has 6 nitrogen and oxygen atoms in total. The van der Waals surface area contributed by atoms with Crippen molar-refractivity contribution in [2.24, 2.45) is 0 Å². The van der Waals surface area contributed by atoms with Crippen LogP contribution in [0.4, 0.5) is 0 Å². The van der Waals surface area contributed by atoms with Crippen LogP contribution in [0.5, 0.6) is 0 Å². The third-order valence-corrected chi connectivity index (χ3v) is 3.88. The van der Waals surface area contributed by atoms with Gasteiger partial charge in [-0.15, -0.1) is 0 Å². The number of aromatic nitrogens is 1. The molecule has 1 aliphatic heterocycles. The minimum Gasteiger partial charge on any atom is -0.481 e. The monoisotopic (exact) mass is 322 g/mol. The lowest BCUT2D eigenvalue weighted by atomic mass is 10.2. The Morgan fingerprint density at radius 3 is 3.00 bits per heavy atom. The molecule has 1 fully saturated rings. The van der Waals surface area contributed by atoms with Gasteiger partial charge in [-0.1, -0.05) is 17.7 Å². The topological polar surface area (TPSA) is 82.6 Å². The predicted molar refractivity (Wildman–Crippen MR) is 81.2 cm³/mol. The number of carbonyl (C=O) groups excluding carboxylic acids is 1.